The van der Waals surface area contributed by atoms with Gasteiger partial charge in [0, 0.05) is 25.2 Å². The number of thioether (sulfide) groups is 1. The van der Waals surface area contributed by atoms with Gasteiger partial charge in [-0.2, -0.15) is 0 Å². The Morgan fingerprint density at radius 2 is 1.64 bits per heavy atom. The number of thiazole rings is 1. The molecule has 3 heterocycles. The van der Waals surface area contributed by atoms with E-state index >= 15 is 0 Å². The minimum Gasteiger partial charge on any atom is -0.448 e. The van der Waals surface area contributed by atoms with Crippen LogP contribution in [-0.2, 0) is 23.9 Å². The zero-order valence-electron chi connectivity index (χ0n) is 31.1. The molecular weight excluding hydrogens is 814 g/mol. The van der Waals surface area contributed by atoms with E-state index in [4.69, 9.17) is 44.9 Å². The molecule has 11 nitrogen and oxygen atoms in total. The molecule has 4 aromatic rings. The van der Waals surface area contributed by atoms with Gasteiger partial charge in [-0.1, -0.05) is 113 Å². The zero-order valence-corrected chi connectivity index (χ0v) is 35.0. The van der Waals surface area contributed by atoms with Crippen LogP contribution in [0.3, 0.4) is 0 Å². The predicted molar refractivity (Wildman–Crippen MR) is 225 cm³/mol. The molecule has 0 aliphatic carbocycles. The number of amides is 3. The Balaban J connectivity index is 1.43. The van der Waals surface area contributed by atoms with E-state index in [9.17, 15) is 19.2 Å². The minimum atomic E-state index is -0.824. The van der Waals surface area contributed by atoms with Crippen LogP contribution in [0.25, 0.3) is 5.57 Å². The minimum absolute atomic E-state index is 0.0120. The quantitative estimate of drug-likeness (QED) is 0.0864. The maximum Gasteiger partial charge on any atom is 0.408 e. The summed E-state index contributed by atoms with van der Waals surface area (Å²) in [4.78, 5) is 63.1. The van der Waals surface area contributed by atoms with Gasteiger partial charge in [-0.15, -0.1) is 11.8 Å². The average Bonchev–Trinajstić information content (AvgIpc) is 3.63. The third-order valence-electron chi connectivity index (χ3n) is 8.73. The van der Waals surface area contributed by atoms with Gasteiger partial charge in [0.1, 0.15) is 27.0 Å². The number of β-lactam (4-membered cyclic amide) rings is 1. The van der Waals surface area contributed by atoms with E-state index in [0.717, 1.165) is 11.1 Å². The Hall–Kier alpha value is -4.47. The van der Waals surface area contributed by atoms with Crippen LogP contribution in [0, 0.1) is 0 Å². The van der Waals surface area contributed by atoms with E-state index in [1.54, 1.807) is 50.1 Å². The summed E-state index contributed by atoms with van der Waals surface area (Å²) in [6, 6.07) is 23.6. The lowest BCUT2D eigenvalue weighted by Crippen LogP contribution is -2.62. The molecule has 292 valence electrons. The van der Waals surface area contributed by atoms with Crippen molar-refractivity contribution in [2.75, 3.05) is 18.0 Å². The highest BCUT2D eigenvalue weighted by atomic mass is 35.5. The predicted octanol–water partition coefficient (Wildman–Crippen LogP) is 8.33. The fourth-order valence-electron chi connectivity index (χ4n) is 6.30. The molecule has 3 unspecified atom stereocenters. The second kappa shape index (κ2) is 17.3. The number of fused-ring (bicyclic) bond motifs is 1. The van der Waals surface area contributed by atoms with Gasteiger partial charge in [0.25, 0.3) is 0 Å². The molecule has 56 heavy (non-hydrogen) atoms. The van der Waals surface area contributed by atoms with E-state index < -0.39 is 40.4 Å². The highest BCUT2D eigenvalue weighted by Gasteiger charge is 2.57. The van der Waals surface area contributed by atoms with Crippen LogP contribution < -0.4 is 15.5 Å². The fraction of sp³-hybridized carbons (Fsp3) is 0.300. The summed E-state index contributed by atoms with van der Waals surface area (Å²) in [7, 11) is 0. The number of anilines is 1. The number of thiocarbonyl (C=S) groups is 1. The van der Waals surface area contributed by atoms with Crippen molar-refractivity contribution in [3.05, 3.63) is 122 Å². The average molecular weight is 853 g/mol. The van der Waals surface area contributed by atoms with E-state index in [1.165, 1.54) is 34.9 Å². The monoisotopic (exact) mass is 851 g/mol. The number of rotatable bonds is 11. The van der Waals surface area contributed by atoms with E-state index in [2.05, 4.69) is 15.6 Å². The first kappa shape index (κ1) is 41.2. The summed E-state index contributed by atoms with van der Waals surface area (Å²) in [6.45, 7) is 9.00. The SMILES string of the molecule is CCN(C(=S)CNC(=O)OC(C)(C)C)c1ncc(C2=C(C(=O)OC(c3ccccc3)c3ccccc3)N3C(=O)C(c4ccc(Cl)c(Cl)c4)C3SC2NC(C)=O)s1. The Kier molecular flexibility index (Phi) is 12.8. The van der Waals surface area contributed by atoms with Gasteiger partial charge in [0.15, 0.2) is 11.2 Å². The maximum atomic E-state index is 14.9. The number of hydrogen-bond donors (Lipinski definition) is 2. The zero-order chi connectivity index (χ0) is 40.3. The van der Waals surface area contributed by atoms with Crippen LogP contribution in [0.5, 0.6) is 0 Å². The molecule has 1 fully saturated rings. The summed E-state index contributed by atoms with van der Waals surface area (Å²) < 4.78 is 11.8. The van der Waals surface area contributed by atoms with Crippen LogP contribution in [0.15, 0.2) is 90.8 Å². The molecule has 0 radical (unpaired) electrons. The van der Waals surface area contributed by atoms with Gasteiger partial charge >= 0.3 is 12.1 Å². The van der Waals surface area contributed by atoms with Crippen LogP contribution in [0.4, 0.5) is 9.93 Å². The number of alkyl carbamates (subject to hydrolysis) is 1. The molecule has 2 aliphatic heterocycles. The molecule has 0 bridgehead atoms. The summed E-state index contributed by atoms with van der Waals surface area (Å²) >= 11 is 20.9. The van der Waals surface area contributed by atoms with Crippen molar-refractivity contribution in [1.29, 1.82) is 0 Å². The molecule has 0 spiro atoms. The van der Waals surface area contributed by atoms with Gasteiger partial charge in [-0.3, -0.25) is 14.5 Å². The number of carbonyl (C=O) groups is 4. The number of nitrogens with one attached hydrogen (secondary N) is 2. The Bertz CT molecular complexity index is 2140. The first-order valence-corrected chi connectivity index (χ1v) is 20.6. The number of esters is 1. The number of aromatic nitrogens is 1. The molecular formula is C40H39Cl2N5O6S3. The Labute approximate surface area is 348 Å². The summed E-state index contributed by atoms with van der Waals surface area (Å²) in [5.41, 5.74) is 1.73. The number of nitrogens with zero attached hydrogens (tertiary/aromatic N) is 3. The van der Waals surface area contributed by atoms with Gasteiger partial charge in [0.05, 0.1) is 27.4 Å². The second-order valence-corrected chi connectivity index (χ2v) is 17.4. The molecule has 0 saturated carbocycles. The van der Waals surface area contributed by atoms with Crippen molar-refractivity contribution in [2.24, 2.45) is 0 Å². The van der Waals surface area contributed by atoms with Crippen LogP contribution in [0.1, 0.15) is 68.2 Å². The molecule has 2 aliphatic rings. The standard InChI is InChI=1S/C40H39Cl2N5O6S3/c1-6-46(29(54)21-44-39(51)53-40(3,4)5)38-43-20-28(55-38)31-32(37(50)52-33(23-13-9-7-10-14-23)24-15-11-8-12-16-24)47-35(49)30(25-17-18-26(41)27(42)19-25)36(47)56-34(31)45-22(2)48/h7-20,30,33-34,36H,6,21H2,1-5H3,(H,44,51)(H,45,48). The summed E-state index contributed by atoms with van der Waals surface area (Å²) in [5.74, 6) is -2.16. The molecule has 16 heteroatoms. The van der Waals surface area contributed by atoms with Crippen molar-refractivity contribution in [2.45, 2.75) is 63.0 Å². The number of ether oxygens (including phenoxy) is 2. The van der Waals surface area contributed by atoms with Gasteiger partial charge in [0.2, 0.25) is 11.8 Å². The third-order valence-corrected chi connectivity index (χ3v) is 12.3. The molecule has 6 rings (SSSR count). The second-order valence-electron chi connectivity index (χ2n) is 13.8. The van der Waals surface area contributed by atoms with Gasteiger partial charge in [-0.05, 0) is 56.5 Å². The van der Waals surface area contributed by atoms with Gasteiger partial charge in [-0.25, -0.2) is 14.6 Å². The van der Waals surface area contributed by atoms with E-state index in [1.807, 2.05) is 67.6 Å². The highest BCUT2D eigenvalue weighted by molar-refractivity contribution is 8.01. The number of likely N-dealkylation sites (N-methyl/N-ethyl adjacent to an activating group) is 1. The number of hydrogen-bond acceptors (Lipinski definition) is 10. The number of benzene rings is 3. The van der Waals surface area contributed by atoms with Crippen LogP contribution >= 0.6 is 58.5 Å². The molecule has 1 saturated heterocycles. The number of carbonyl (C=O) groups excluding carboxylic acids is 4. The lowest BCUT2D eigenvalue weighted by Gasteiger charge is -2.52. The highest BCUT2D eigenvalue weighted by Crippen LogP contribution is 2.54. The van der Waals surface area contributed by atoms with E-state index in [-0.39, 0.29) is 29.1 Å². The molecule has 1 aromatic heterocycles. The van der Waals surface area contributed by atoms with Crippen LogP contribution in [-0.4, -0.2) is 68.2 Å². The largest absolute Gasteiger partial charge is 0.448 e. The normalized spacial score (nSPS) is 17.8. The molecule has 3 aromatic carbocycles. The van der Waals surface area contributed by atoms with Crippen LogP contribution in [0.2, 0.25) is 10.0 Å². The third kappa shape index (κ3) is 9.05. The Morgan fingerprint density at radius 3 is 2.21 bits per heavy atom. The molecule has 3 amide bonds. The van der Waals surface area contributed by atoms with Crippen molar-refractivity contribution < 1.29 is 28.7 Å². The van der Waals surface area contributed by atoms with Crippen molar-refractivity contribution in [3.8, 4) is 0 Å². The first-order valence-electron chi connectivity index (χ1n) is 17.7. The first-order chi connectivity index (χ1) is 26.7. The fourth-order valence-corrected chi connectivity index (χ4v) is 9.75. The molecule has 2 N–H and O–H groups in total. The summed E-state index contributed by atoms with van der Waals surface area (Å²) in [5, 5.41) is 5.38. The summed E-state index contributed by atoms with van der Waals surface area (Å²) in [6.07, 6.45) is 0.145. The van der Waals surface area contributed by atoms with Gasteiger partial charge < -0.3 is 25.0 Å². The number of halogens is 2. The Morgan fingerprint density at radius 1 is 1.00 bits per heavy atom. The molecule has 3 atom stereocenters. The van der Waals surface area contributed by atoms with Crippen molar-refractivity contribution >= 4 is 98.1 Å². The lowest BCUT2D eigenvalue weighted by atomic mass is 9.88. The maximum absolute atomic E-state index is 14.9. The smallest absolute Gasteiger partial charge is 0.408 e. The lowest BCUT2D eigenvalue weighted by molar-refractivity contribution is -0.153. The van der Waals surface area contributed by atoms with Crippen molar-refractivity contribution in [3.63, 3.8) is 0 Å². The van der Waals surface area contributed by atoms with Crippen molar-refractivity contribution in [1.82, 2.24) is 20.5 Å². The van der Waals surface area contributed by atoms with E-state index in [0.29, 0.717) is 37.7 Å². The topological polar surface area (TPSA) is 130 Å².